The molecule has 0 spiro atoms. The SMILES string of the molecule is COc1cccc(C2CC(C(=O)O)C3C(NNC3c3ccc(Cl)cc3)N2)c1. The fourth-order valence-electron chi connectivity index (χ4n) is 4.21. The zero-order chi connectivity index (χ0) is 19.0. The Labute approximate surface area is 162 Å². The van der Waals surface area contributed by atoms with Crippen LogP contribution in [-0.2, 0) is 4.79 Å². The van der Waals surface area contributed by atoms with Crippen LogP contribution >= 0.6 is 11.6 Å². The largest absolute Gasteiger partial charge is 0.497 e. The maximum Gasteiger partial charge on any atom is 0.307 e. The van der Waals surface area contributed by atoms with Gasteiger partial charge in [-0.3, -0.25) is 10.1 Å². The first kappa shape index (κ1) is 18.3. The highest BCUT2D eigenvalue weighted by atomic mass is 35.5. The van der Waals surface area contributed by atoms with Gasteiger partial charge in [0.25, 0.3) is 0 Å². The van der Waals surface area contributed by atoms with Gasteiger partial charge in [0.05, 0.1) is 25.2 Å². The molecule has 2 fully saturated rings. The Hall–Kier alpha value is -2.12. The second kappa shape index (κ2) is 7.48. The number of hydrazine groups is 1. The van der Waals surface area contributed by atoms with Crippen LogP contribution in [0.1, 0.15) is 29.6 Å². The average Bonchev–Trinajstić information content (AvgIpc) is 3.11. The minimum Gasteiger partial charge on any atom is -0.497 e. The topological polar surface area (TPSA) is 82.6 Å². The molecule has 0 saturated carbocycles. The van der Waals surface area contributed by atoms with Gasteiger partial charge < -0.3 is 9.84 Å². The molecular formula is C20H22ClN3O3. The van der Waals surface area contributed by atoms with Crippen molar-refractivity contribution in [2.45, 2.75) is 24.7 Å². The fourth-order valence-corrected chi connectivity index (χ4v) is 4.34. The lowest BCUT2D eigenvalue weighted by atomic mass is 9.75. The summed E-state index contributed by atoms with van der Waals surface area (Å²) in [6.07, 6.45) is 0.355. The van der Waals surface area contributed by atoms with Crippen LogP contribution in [0.5, 0.6) is 5.75 Å². The van der Waals surface area contributed by atoms with E-state index in [2.05, 4.69) is 16.2 Å². The Morgan fingerprint density at radius 2 is 1.93 bits per heavy atom. The summed E-state index contributed by atoms with van der Waals surface area (Å²) in [4.78, 5) is 12.1. The molecule has 5 unspecified atom stereocenters. The normalized spacial score (nSPS) is 29.9. The summed E-state index contributed by atoms with van der Waals surface area (Å²) in [6.45, 7) is 0. The third-order valence-electron chi connectivity index (χ3n) is 5.54. The van der Waals surface area contributed by atoms with E-state index in [0.717, 1.165) is 16.9 Å². The van der Waals surface area contributed by atoms with Crippen molar-refractivity contribution in [1.82, 2.24) is 16.2 Å². The molecule has 2 aliphatic heterocycles. The van der Waals surface area contributed by atoms with Crippen molar-refractivity contribution in [3.8, 4) is 5.75 Å². The highest BCUT2D eigenvalue weighted by molar-refractivity contribution is 6.30. The van der Waals surface area contributed by atoms with Crippen LogP contribution in [0.25, 0.3) is 0 Å². The van der Waals surface area contributed by atoms with Crippen LogP contribution in [-0.4, -0.2) is 24.4 Å². The molecule has 27 heavy (non-hydrogen) atoms. The first-order valence-corrected chi connectivity index (χ1v) is 9.34. The molecule has 2 aromatic rings. The van der Waals surface area contributed by atoms with Crippen molar-refractivity contribution in [1.29, 1.82) is 0 Å². The number of carbonyl (C=O) groups is 1. The van der Waals surface area contributed by atoms with Crippen LogP contribution in [0.3, 0.4) is 0 Å². The number of ether oxygens (including phenoxy) is 1. The van der Waals surface area contributed by atoms with Crippen LogP contribution < -0.4 is 20.9 Å². The molecule has 142 valence electrons. The molecule has 0 radical (unpaired) electrons. The Morgan fingerprint density at radius 3 is 2.63 bits per heavy atom. The van der Waals surface area contributed by atoms with Gasteiger partial charge in [-0.15, -0.1) is 0 Å². The number of halogens is 1. The number of rotatable bonds is 4. The second-order valence-corrected chi connectivity index (χ2v) is 7.49. The average molecular weight is 388 g/mol. The summed E-state index contributed by atoms with van der Waals surface area (Å²) < 4.78 is 5.31. The summed E-state index contributed by atoms with van der Waals surface area (Å²) in [5.41, 5.74) is 8.56. The van der Waals surface area contributed by atoms with E-state index in [4.69, 9.17) is 16.3 Å². The molecule has 4 rings (SSSR count). The van der Waals surface area contributed by atoms with Gasteiger partial charge in [-0.05, 0) is 41.8 Å². The van der Waals surface area contributed by atoms with Crippen molar-refractivity contribution < 1.29 is 14.6 Å². The Balaban J connectivity index is 1.61. The second-order valence-electron chi connectivity index (χ2n) is 7.05. The van der Waals surface area contributed by atoms with Crippen LogP contribution in [0.2, 0.25) is 5.02 Å². The molecule has 2 aromatic carbocycles. The lowest BCUT2D eigenvalue weighted by molar-refractivity contribution is -0.146. The molecule has 2 aliphatic rings. The quantitative estimate of drug-likeness (QED) is 0.645. The highest BCUT2D eigenvalue weighted by Crippen LogP contribution is 2.42. The van der Waals surface area contributed by atoms with Gasteiger partial charge >= 0.3 is 5.97 Å². The number of piperidine rings is 1. The van der Waals surface area contributed by atoms with Crippen LogP contribution in [0.4, 0.5) is 0 Å². The molecule has 2 saturated heterocycles. The van der Waals surface area contributed by atoms with Gasteiger partial charge in [-0.1, -0.05) is 35.9 Å². The van der Waals surface area contributed by atoms with E-state index in [1.807, 2.05) is 48.5 Å². The zero-order valence-electron chi connectivity index (χ0n) is 14.9. The summed E-state index contributed by atoms with van der Waals surface area (Å²) in [5.74, 6) is -0.620. The van der Waals surface area contributed by atoms with Crippen molar-refractivity contribution in [2.75, 3.05) is 7.11 Å². The van der Waals surface area contributed by atoms with E-state index < -0.39 is 11.9 Å². The lowest BCUT2D eigenvalue weighted by Crippen LogP contribution is -2.53. The standard InChI is InChI=1S/C20H22ClN3O3/c1-27-14-4-2-3-12(9-14)16-10-15(20(25)26)17-18(23-24-19(17)22-16)11-5-7-13(21)8-6-11/h2-9,15-19,22-24H,10H2,1H3,(H,25,26). The Kier molecular flexibility index (Phi) is 5.06. The third-order valence-corrected chi connectivity index (χ3v) is 5.79. The van der Waals surface area contributed by atoms with Crippen LogP contribution in [0, 0.1) is 11.8 Å². The molecule has 0 aliphatic carbocycles. The van der Waals surface area contributed by atoms with Crippen molar-refractivity contribution in [3.05, 3.63) is 64.7 Å². The van der Waals surface area contributed by atoms with Crippen LogP contribution in [0.15, 0.2) is 48.5 Å². The molecule has 4 N–H and O–H groups in total. The molecule has 7 heteroatoms. The number of benzene rings is 2. The van der Waals surface area contributed by atoms with Crippen molar-refractivity contribution >= 4 is 17.6 Å². The fraction of sp³-hybridized carbons (Fsp3) is 0.350. The number of fused-ring (bicyclic) bond motifs is 1. The number of carboxylic acids is 1. The molecule has 5 atom stereocenters. The first-order chi connectivity index (χ1) is 13.1. The van der Waals surface area contributed by atoms with E-state index >= 15 is 0 Å². The van der Waals surface area contributed by atoms with E-state index in [1.165, 1.54) is 0 Å². The summed E-state index contributed by atoms with van der Waals surface area (Å²) in [5, 5.41) is 14.2. The summed E-state index contributed by atoms with van der Waals surface area (Å²) >= 11 is 5.99. The maximum absolute atomic E-state index is 12.1. The minimum atomic E-state index is -0.774. The van der Waals surface area contributed by atoms with Gasteiger partial charge in [0.1, 0.15) is 5.75 Å². The number of nitrogens with one attached hydrogen (secondary N) is 3. The molecule has 0 aromatic heterocycles. The molecule has 0 amide bonds. The first-order valence-electron chi connectivity index (χ1n) is 8.96. The highest BCUT2D eigenvalue weighted by Gasteiger charge is 2.49. The molecule has 0 bridgehead atoms. The number of carboxylic acid groups (broad SMARTS) is 1. The minimum absolute atomic E-state index is 0.0688. The zero-order valence-corrected chi connectivity index (χ0v) is 15.6. The smallest absolute Gasteiger partial charge is 0.307 e. The Bertz CT molecular complexity index is 829. The number of hydrogen-bond acceptors (Lipinski definition) is 5. The van der Waals surface area contributed by atoms with E-state index in [9.17, 15) is 9.90 Å². The predicted octanol–water partition coefficient (Wildman–Crippen LogP) is 2.88. The van der Waals surface area contributed by atoms with E-state index in [-0.39, 0.29) is 24.2 Å². The summed E-state index contributed by atoms with van der Waals surface area (Å²) in [7, 11) is 1.63. The lowest BCUT2D eigenvalue weighted by Gasteiger charge is -2.39. The molecular weight excluding hydrogens is 366 g/mol. The number of aliphatic carboxylic acids is 1. The van der Waals surface area contributed by atoms with Gasteiger partial charge in [-0.25, -0.2) is 10.9 Å². The van der Waals surface area contributed by atoms with Gasteiger partial charge in [0.2, 0.25) is 0 Å². The van der Waals surface area contributed by atoms with E-state index in [1.54, 1.807) is 7.11 Å². The predicted molar refractivity (Wildman–Crippen MR) is 102 cm³/mol. The number of hydrogen-bond donors (Lipinski definition) is 4. The van der Waals surface area contributed by atoms with Gasteiger partial charge in [0.15, 0.2) is 0 Å². The molecule has 6 nitrogen and oxygen atoms in total. The maximum atomic E-state index is 12.1. The van der Waals surface area contributed by atoms with E-state index in [0.29, 0.717) is 11.4 Å². The van der Waals surface area contributed by atoms with Crippen molar-refractivity contribution in [2.24, 2.45) is 11.8 Å². The third kappa shape index (κ3) is 3.53. The van der Waals surface area contributed by atoms with Crippen molar-refractivity contribution in [3.63, 3.8) is 0 Å². The summed E-state index contributed by atoms with van der Waals surface area (Å²) in [6, 6.07) is 15.1. The monoisotopic (exact) mass is 387 g/mol. The van der Waals surface area contributed by atoms with Gasteiger partial charge in [-0.2, -0.15) is 0 Å². The Morgan fingerprint density at radius 1 is 1.15 bits per heavy atom. The number of methoxy groups -OCH3 is 1. The van der Waals surface area contributed by atoms with Gasteiger partial charge in [0, 0.05) is 17.0 Å². The molecule has 2 heterocycles.